The van der Waals surface area contributed by atoms with Gasteiger partial charge in [0.1, 0.15) is 0 Å². The number of carbonyl (C=O) groups is 1. The van der Waals surface area contributed by atoms with Gasteiger partial charge in [-0.2, -0.15) is 11.3 Å². The summed E-state index contributed by atoms with van der Waals surface area (Å²) >= 11 is 1.54. The van der Waals surface area contributed by atoms with Gasteiger partial charge in [0.2, 0.25) is 0 Å². The first-order chi connectivity index (χ1) is 6.11. The molecule has 0 unspecified atom stereocenters. The number of hydrogen-bond acceptors (Lipinski definition) is 3. The maximum atomic E-state index is 11.5. The molecule has 0 radical (unpaired) electrons. The van der Waals surface area contributed by atoms with Crippen LogP contribution in [-0.2, 0) is 0 Å². The second-order valence-corrected chi connectivity index (χ2v) is 3.84. The molecule has 0 N–H and O–H groups in total. The molecule has 2 nitrogen and oxygen atoms in total. The highest BCUT2D eigenvalue weighted by molar-refractivity contribution is 7.08. The molecule has 13 heavy (non-hydrogen) atoms. The molecule has 0 fully saturated rings. The maximum Gasteiger partial charge on any atom is 0.188 e. The van der Waals surface area contributed by atoms with Crippen LogP contribution >= 0.6 is 11.3 Å². The number of rotatable bonds is 3. The molecule has 0 aliphatic rings. The fraction of sp³-hybridized carbons (Fsp3) is 0.300. The first kappa shape index (κ1) is 9.99. The summed E-state index contributed by atoms with van der Waals surface area (Å²) in [5, 5.41) is 3.77. The lowest BCUT2D eigenvalue weighted by Crippen LogP contribution is -2.09. The maximum absolute atomic E-state index is 11.5. The van der Waals surface area contributed by atoms with Crippen LogP contribution in [-0.4, -0.2) is 24.8 Å². The summed E-state index contributed by atoms with van der Waals surface area (Å²) in [5.74, 6) is 0.0763. The molecule has 0 saturated carbocycles. The normalized spacial score (nSPS) is 11.5. The van der Waals surface area contributed by atoms with Crippen LogP contribution in [0.3, 0.4) is 0 Å². The van der Waals surface area contributed by atoms with Gasteiger partial charge >= 0.3 is 0 Å². The summed E-state index contributed by atoms with van der Waals surface area (Å²) in [6.45, 7) is 1.92. The van der Waals surface area contributed by atoms with Crippen LogP contribution in [0, 0.1) is 0 Å². The van der Waals surface area contributed by atoms with E-state index in [2.05, 4.69) is 0 Å². The Hall–Kier alpha value is -1.09. The average Bonchev–Trinajstić information content (AvgIpc) is 2.55. The van der Waals surface area contributed by atoms with Crippen molar-refractivity contribution in [1.29, 1.82) is 0 Å². The van der Waals surface area contributed by atoms with E-state index in [9.17, 15) is 4.79 Å². The van der Waals surface area contributed by atoms with Crippen LogP contribution in [0.4, 0.5) is 0 Å². The highest BCUT2D eigenvalue weighted by Crippen LogP contribution is 2.09. The highest BCUT2D eigenvalue weighted by Gasteiger charge is 2.03. The number of allylic oxidation sites excluding steroid dienone is 2. The lowest BCUT2D eigenvalue weighted by molar-refractivity contribution is 0.104. The van der Waals surface area contributed by atoms with Crippen molar-refractivity contribution in [2.24, 2.45) is 0 Å². The second kappa shape index (κ2) is 4.23. The Balaban J connectivity index is 2.76. The van der Waals surface area contributed by atoms with E-state index >= 15 is 0 Å². The van der Waals surface area contributed by atoms with Crippen molar-refractivity contribution in [3.05, 3.63) is 34.2 Å². The number of hydrogen-bond donors (Lipinski definition) is 0. The molecule has 0 aliphatic heterocycles. The number of ketones is 1. The predicted molar refractivity (Wildman–Crippen MR) is 56.1 cm³/mol. The van der Waals surface area contributed by atoms with Crippen molar-refractivity contribution in [2.45, 2.75) is 6.92 Å². The molecule has 0 bridgehead atoms. The molecular formula is C10H13NOS. The van der Waals surface area contributed by atoms with Gasteiger partial charge in [-0.1, -0.05) is 0 Å². The fourth-order valence-electron chi connectivity index (χ4n) is 0.807. The van der Waals surface area contributed by atoms with Gasteiger partial charge in [0, 0.05) is 36.8 Å². The van der Waals surface area contributed by atoms with Gasteiger partial charge in [0.15, 0.2) is 5.78 Å². The van der Waals surface area contributed by atoms with Gasteiger partial charge in [-0.05, 0) is 18.4 Å². The van der Waals surface area contributed by atoms with Gasteiger partial charge < -0.3 is 4.90 Å². The molecule has 0 aliphatic carbocycles. The van der Waals surface area contributed by atoms with Crippen molar-refractivity contribution < 1.29 is 4.79 Å². The zero-order valence-corrected chi connectivity index (χ0v) is 8.89. The molecule has 1 aromatic heterocycles. The third kappa shape index (κ3) is 2.70. The van der Waals surface area contributed by atoms with Gasteiger partial charge in [-0.15, -0.1) is 0 Å². The molecule has 1 aromatic rings. The van der Waals surface area contributed by atoms with E-state index in [-0.39, 0.29) is 5.78 Å². The van der Waals surface area contributed by atoms with E-state index in [4.69, 9.17) is 0 Å². The molecule has 0 aromatic carbocycles. The van der Waals surface area contributed by atoms with E-state index in [0.29, 0.717) is 0 Å². The predicted octanol–water partition coefficient (Wildman–Crippen LogP) is 2.40. The van der Waals surface area contributed by atoms with Gasteiger partial charge in [0.05, 0.1) is 0 Å². The van der Waals surface area contributed by atoms with Crippen LogP contribution in [0.25, 0.3) is 0 Å². The summed E-state index contributed by atoms with van der Waals surface area (Å²) in [6.07, 6.45) is 1.65. The zero-order valence-electron chi connectivity index (χ0n) is 8.07. The molecule has 70 valence electrons. The SMILES string of the molecule is C/C(=C/C(=O)c1ccsc1)N(C)C. The minimum Gasteiger partial charge on any atom is -0.381 e. The number of carbonyl (C=O) groups excluding carboxylic acids is 1. The number of thiophene rings is 1. The molecule has 0 saturated heterocycles. The fourth-order valence-corrected chi connectivity index (χ4v) is 1.45. The van der Waals surface area contributed by atoms with Gasteiger partial charge in [0.25, 0.3) is 0 Å². The summed E-state index contributed by atoms with van der Waals surface area (Å²) in [6, 6.07) is 1.84. The largest absolute Gasteiger partial charge is 0.381 e. The Morgan fingerprint density at radius 1 is 1.54 bits per heavy atom. The molecule has 3 heteroatoms. The minimum atomic E-state index is 0.0763. The molecule has 0 atom stereocenters. The third-order valence-corrected chi connectivity index (χ3v) is 2.53. The molecule has 0 spiro atoms. The Labute approximate surface area is 82.5 Å². The monoisotopic (exact) mass is 195 g/mol. The summed E-state index contributed by atoms with van der Waals surface area (Å²) in [5.41, 5.74) is 1.74. The first-order valence-corrected chi connectivity index (χ1v) is 4.97. The highest BCUT2D eigenvalue weighted by atomic mass is 32.1. The first-order valence-electron chi connectivity index (χ1n) is 4.03. The van der Waals surface area contributed by atoms with Crippen LogP contribution in [0.5, 0.6) is 0 Å². The van der Waals surface area contributed by atoms with Crippen LogP contribution in [0.15, 0.2) is 28.6 Å². The lowest BCUT2D eigenvalue weighted by Gasteiger charge is -2.11. The van der Waals surface area contributed by atoms with E-state index in [0.717, 1.165) is 11.3 Å². The average molecular weight is 195 g/mol. The number of nitrogens with zero attached hydrogens (tertiary/aromatic N) is 1. The van der Waals surface area contributed by atoms with E-state index in [1.807, 2.05) is 42.7 Å². The zero-order chi connectivity index (χ0) is 9.84. The Morgan fingerprint density at radius 3 is 2.69 bits per heavy atom. The van der Waals surface area contributed by atoms with Gasteiger partial charge in [-0.25, -0.2) is 0 Å². The van der Waals surface area contributed by atoms with E-state index in [1.165, 1.54) is 11.3 Å². The molecule has 1 rings (SSSR count). The minimum absolute atomic E-state index is 0.0763. The second-order valence-electron chi connectivity index (χ2n) is 3.06. The summed E-state index contributed by atoms with van der Waals surface area (Å²) in [4.78, 5) is 13.4. The van der Waals surface area contributed by atoms with E-state index in [1.54, 1.807) is 6.08 Å². The van der Waals surface area contributed by atoms with Crippen molar-refractivity contribution in [3.63, 3.8) is 0 Å². The topological polar surface area (TPSA) is 20.3 Å². The van der Waals surface area contributed by atoms with Crippen LogP contribution in [0.2, 0.25) is 0 Å². The van der Waals surface area contributed by atoms with Crippen molar-refractivity contribution >= 4 is 17.1 Å². The smallest absolute Gasteiger partial charge is 0.188 e. The lowest BCUT2D eigenvalue weighted by atomic mass is 10.2. The van der Waals surface area contributed by atoms with Crippen molar-refractivity contribution in [1.82, 2.24) is 4.90 Å². The molecular weight excluding hydrogens is 182 g/mol. The summed E-state index contributed by atoms with van der Waals surface area (Å²) < 4.78 is 0. The molecule has 1 heterocycles. The van der Waals surface area contributed by atoms with E-state index < -0.39 is 0 Å². The van der Waals surface area contributed by atoms with Crippen LogP contribution in [0.1, 0.15) is 17.3 Å². The van der Waals surface area contributed by atoms with Crippen molar-refractivity contribution in [3.8, 4) is 0 Å². The summed E-state index contributed by atoms with van der Waals surface area (Å²) in [7, 11) is 3.85. The standard InChI is InChI=1S/C10H13NOS/c1-8(11(2)3)6-10(12)9-4-5-13-7-9/h4-7H,1-3H3/b8-6-. The quantitative estimate of drug-likeness (QED) is 0.545. The third-order valence-electron chi connectivity index (χ3n) is 1.85. The molecule has 0 amide bonds. The van der Waals surface area contributed by atoms with Crippen LogP contribution < -0.4 is 0 Å². The Morgan fingerprint density at radius 2 is 2.23 bits per heavy atom. The Kier molecular flexibility index (Phi) is 3.25. The van der Waals surface area contributed by atoms with Crippen molar-refractivity contribution in [2.75, 3.05) is 14.1 Å². The Bertz CT molecular complexity index is 312. The van der Waals surface area contributed by atoms with Gasteiger partial charge in [-0.3, -0.25) is 4.79 Å².